The summed E-state index contributed by atoms with van der Waals surface area (Å²) in [5.74, 6) is -0.146. The molecule has 3 nitrogen and oxygen atoms in total. The second kappa shape index (κ2) is 5.61. The zero-order valence-corrected chi connectivity index (χ0v) is 9.89. The molecule has 0 saturated carbocycles. The number of carbonyl (C=O) groups excluding carboxylic acids is 2. The molecule has 1 N–H and O–H groups in total. The Labute approximate surface area is 91.2 Å². The van der Waals surface area contributed by atoms with Crippen LogP contribution in [0.4, 0.5) is 0 Å². The maximum Gasteiger partial charge on any atom is 0.174 e. The molecule has 0 aromatic carbocycles. The van der Waals surface area contributed by atoms with Crippen LogP contribution in [0.3, 0.4) is 0 Å². The molecule has 0 aromatic rings. The molecule has 2 atom stereocenters. The Kier molecular flexibility index (Phi) is 5.15. The van der Waals surface area contributed by atoms with Gasteiger partial charge in [-0.2, -0.15) is 0 Å². The van der Waals surface area contributed by atoms with E-state index in [1.165, 1.54) is 0 Å². The highest BCUT2D eigenvalue weighted by Crippen LogP contribution is 2.01. The van der Waals surface area contributed by atoms with Crippen molar-refractivity contribution in [2.24, 2.45) is 0 Å². The van der Waals surface area contributed by atoms with E-state index in [9.17, 15) is 9.59 Å². The van der Waals surface area contributed by atoms with Gasteiger partial charge in [0.15, 0.2) is 11.6 Å². The Morgan fingerprint density at radius 3 is 1.40 bits per heavy atom. The summed E-state index contributed by atoms with van der Waals surface area (Å²) in [4.78, 5) is 22.9. The third-order valence-corrected chi connectivity index (χ3v) is 2.13. The first-order chi connectivity index (χ1) is 6.77. The molecular weight excluding hydrogens is 190 g/mol. The van der Waals surface area contributed by atoms with Crippen molar-refractivity contribution >= 4 is 11.6 Å². The van der Waals surface area contributed by atoms with E-state index in [2.05, 4.69) is 18.5 Å². The molecule has 15 heavy (non-hydrogen) atoms. The van der Waals surface area contributed by atoms with Gasteiger partial charge in [-0.15, -0.1) is 0 Å². The van der Waals surface area contributed by atoms with Gasteiger partial charge in [-0.05, 0) is 38.8 Å². The van der Waals surface area contributed by atoms with Gasteiger partial charge in [0.25, 0.3) is 0 Å². The minimum Gasteiger partial charge on any atom is -0.298 e. The molecule has 0 spiro atoms. The molecule has 0 bridgehead atoms. The fraction of sp³-hybridized carbons (Fsp3) is 0.500. The number of hydrogen-bond acceptors (Lipinski definition) is 3. The summed E-state index contributed by atoms with van der Waals surface area (Å²) in [5, 5.41) is 2.92. The van der Waals surface area contributed by atoms with Crippen LogP contribution in [-0.4, -0.2) is 23.7 Å². The lowest BCUT2D eigenvalue weighted by atomic mass is 10.0. The third kappa shape index (κ3) is 4.21. The lowest BCUT2D eigenvalue weighted by molar-refractivity contribution is -0.119. The number of hydrogen-bond donors (Lipinski definition) is 1. The minimum atomic E-state index is -0.388. The largest absolute Gasteiger partial charge is 0.298 e. The Morgan fingerprint density at radius 1 is 0.933 bits per heavy atom. The van der Waals surface area contributed by atoms with Crippen molar-refractivity contribution in [2.45, 2.75) is 39.8 Å². The number of nitrogens with one attached hydrogen (secondary N) is 1. The second-order valence-electron chi connectivity index (χ2n) is 3.90. The highest BCUT2D eigenvalue weighted by Gasteiger charge is 2.19. The summed E-state index contributed by atoms with van der Waals surface area (Å²) in [6.07, 6.45) is 0. The summed E-state index contributed by atoms with van der Waals surface area (Å²) < 4.78 is 0. The second-order valence-corrected chi connectivity index (χ2v) is 3.90. The zero-order valence-electron chi connectivity index (χ0n) is 9.89. The molecule has 0 aliphatic carbocycles. The summed E-state index contributed by atoms with van der Waals surface area (Å²) in [5.41, 5.74) is 0.981. The van der Waals surface area contributed by atoms with Gasteiger partial charge in [0, 0.05) is 0 Å². The molecule has 3 heteroatoms. The van der Waals surface area contributed by atoms with Crippen LogP contribution in [0, 0.1) is 0 Å². The normalized spacial score (nSPS) is 14.1. The predicted octanol–water partition coefficient (Wildman–Crippen LogP) is 1.64. The van der Waals surface area contributed by atoms with Gasteiger partial charge < -0.3 is 0 Å². The van der Waals surface area contributed by atoms with Gasteiger partial charge in [-0.25, -0.2) is 0 Å². The van der Waals surface area contributed by atoms with Crippen molar-refractivity contribution in [1.29, 1.82) is 0 Å². The van der Waals surface area contributed by atoms with Crippen molar-refractivity contribution < 1.29 is 9.59 Å². The maximum absolute atomic E-state index is 11.5. The molecule has 84 valence electrons. The highest BCUT2D eigenvalue weighted by atomic mass is 16.1. The molecule has 0 aromatic heterocycles. The molecule has 0 aliphatic rings. The Hall–Kier alpha value is -1.22. The van der Waals surface area contributed by atoms with Crippen LogP contribution in [0.5, 0.6) is 0 Å². The molecule has 0 heterocycles. The summed E-state index contributed by atoms with van der Waals surface area (Å²) in [6, 6.07) is -0.776. The molecule has 0 saturated heterocycles. The quantitative estimate of drug-likeness (QED) is 0.676. The zero-order chi connectivity index (χ0) is 12.2. The molecule has 0 aliphatic heterocycles. The van der Waals surface area contributed by atoms with Crippen molar-refractivity contribution in [3.05, 3.63) is 24.3 Å². The van der Waals surface area contributed by atoms with E-state index < -0.39 is 0 Å². The monoisotopic (exact) mass is 209 g/mol. The predicted molar refractivity (Wildman–Crippen MR) is 61.7 cm³/mol. The maximum atomic E-state index is 11.5. The van der Waals surface area contributed by atoms with E-state index in [1.807, 2.05) is 0 Å². The van der Waals surface area contributed by atoms with Gasteiger partial charge in [0.05, 0.1) is 12.1 Å². The molecule has 0 radical (unpaired) electrons. The van der Waals surface area contributed by atoms with Crippen molar-refractivity contribution in [1.82, 2.24) is 5.32 Å². The molecule has 0 fully saturated rings. The van der Waals surface area contributed by atoms with E-state index in [4.69, 9.17) is 0 Å². The first kappa shape index (κ1) is 13.8. The first-order valence-electron chi connectivity index (χ1n) is 4.92. The Bertz CT molecular complexity index is 275. The number of Topliss-reactive ketones (excluding diaryl/α,β-unsaturated/α-hetero) is 2. The molecule has 0 amide bonds. The van der Waals surface area contributed by atoms with Crippen LogP contribution < -0.4 is 5.32 Å². The third-order valence-electron chi connectivity index (χ3n) is 2.13. The van der Waals surface area contributed by atoms with E-state index in [0.29, 0.717) is 11.1 Å². The number of carbonyl (C=O) groups is 2. The lowest BCUT2D eigenvalue weighted by Gasteiger charge is -2.18. The molecule has 0 rings (SSSR count). The number of rotatable bonds is 6. The van der Waals surface area contributed by atoms with Crippen LogP contribution in [0.1, 0.15) is 27.7 Å². The van der Waals surface area contributed by atoms with E-state index in [0.717, 1.165) is 0 Å². The average Bonchev–Trinajstić information content (AvgIpc) is 2.14. The summed E-state index contributed by atoms with van der Waals surface area (Å²) in [6.45, 7) is 13.9. The van der Waals surface area contributed by atoms with Crippen molar-refractivity contribution in [3.63, 3.8) is 0 Å². The fourth-order valence-corrected chi connectivity index (χ4v) is 1.27. The highest BCUT2D eigenvalue weighted by molar-refractivity contribution is 6.00. The van der Waals surface area contributed by atoms with E-state index in [-0.39, 0.29) is 23.7 Å². The van der Waals surface area contributed by atoms with Gasteiger partial charge in [-0.3, -0.25) is 14.9 Å². The van der Waals surface area contributed by atoms with Gasteiger partial charge in [-0.1, -0.05) is 13.2 Å². The number of ketones is 2. The van der Waals surface area contributed by atoms with Crippen LogP contribution in [0.2, 0.25) is 0 Å². The standard InChI is InChI=1S/C12H19NO2/c1-7(2)11(14)9(5)13-10(6)12(15)8(3)4/h9-10,13H,1,3H2,2,4-6H3. The average molecular weight is 209 g/mol. The SMILES string of the molecule is C=C(C)C(=O)C(C)NC(C)C(=O)C(=C)C. The lowest BCUT2D eigenvalue weighted by Crippen LogP contribution is -2.44. The van der Waals surface area contributed by atoms with Crippen molar-refractivity contribution in [2.75, 3.05) is 0 Å². The first-order valence-corrected chi connectivity index (χ1v) is 4.92. The van der Waals surface area contributed by atoms with E-state index in [1.54, 1.807) is 27.7 Å². The summed E-state index contributed by atoms with van der Waals surface area (Å²) in [7, 11) is 0. The minimum absolute atomic E-state index is 0.0728. The van der Waals surface area contributed by atoms with Crippen LogP contribution in [0.25, 0.3) is 0 Å². The Balaban J connectivity index is 4.36. The molecule has 2 unspecified atom stereocenters. The van der Waals surface area contributed by atoms with Crippen LogP contribution in [-0.2, 0) is 9.59 Å². The van der Waals surface area contributed by atoms with E-state index >= 15 is 0 Å². The topological polar surface area (TPSA) is 46.2 Å². The van der Waals surface area contributed by atoms with Gasteiger partial charge in [0.1, 0.15) is 0 Å². The van der Waals surface area contributed by atoms with Crippen LogP contribution in [0.15, 0.2) is 24.3 Å². The van der Waals surface area contributed by atoms with Crippen LogP contribution >= 0.6 is 0 Å². The van der Waals surface area contributed by atoms with Crippen molar-refractivity contribution in [3.8, 4) is 0 Å². The van der Waals surface area contributed by atoms with Gasteiger partial charge in [0.2, 0.25) is 0 Å². The summed E-state index contributed by atoms with van der Waals surface area (Å²) >= 11 is 0. The van der Waals surface area contributed by atoms with Gasteiger partial charge >= 0.3 is 0 Å². The smallest absolute Gasteiger partial charge is 0.174 e. The molecular formula is C12H19NO2. The Morgan fingerprint density at radius 2 is 1.20 bits per heavy atom. The fourth-order valence-electron chi connectivity index (χ4n) is 1.27.